The van der Waals surface area contributed by atoms with Crippen molar-refractivity contribution in [1.29, 1.82) is 5.26 Å². The number of nitrogens with zero attached hydrogens (tertiary/aromatic N) is 1. The third-order valence-electron chi connectivity index (χ3n) is 5.05. The first-order valence-electron chi connectivity index (χ1n) is 11.4. The van der Waals surface area contributed by atoms with Crippen LogP contribution in [0.3, 0.4) is 0 Å². The Morgan fingerprint density at radius 3 is 2.22 bits per heavy atom. The molecule has 0 heterocycles. The van der Waals surface area contributed by atoms with Crippen LogP contribution in [0.25, 0.3) is 6.08 Å². The summed E-state index contributed by atoms with van der Waals surface area (Å²) in [6.07, 6.45) is 1.46. The second-order valence-electron chi connectivity index (χ2n) is 7.63. The highest BCUT2D eigenvalue weighted by Crippen LogP contribution is 2.35. The fourth-order valence-electron chi connectivity index (χ4n) is 3.25. The molecule has 0 aliphatic heterocycles. The third kappa shape index (κ3) is 7.59. The standard InChI is InChI=1S/C28H25BrN2O6/c1-3-35-23-11-9-22(10-12-23)31-27(32)21(16-30)13-20-14-25(36-4-2)26(15-24(20)29)37-17-18-5-7-19(8-6-18)28(33)34/h5-15H,3-4,17H2,1-2H3,(H,31,32)(H,33,34)/b21-13+. The quantitative estimate of drug-likeness (QED) is 0.214. The van der Waals surface area contributed by atoms with E-state index in [1.165, 1.54) is 18.2 Å². The summed E-state index contributed by atoms with van der Waals surface area (Å²) < 4.78 is 17.6. The number of amides is 1. The highest BCUT2D eigenvalue weighted by molar-refractivity contribution is 9.10. The van der Waals surface area contributed by atoms with Gasteiger partial charge in [-0.1, -0.05) is 28.1 Å². The Morgan fingerprint density at radius 2 is 1.62 bits per heavy atom. The van der Waals surface area contributed by atoms with Crippen molar-refractivity contribution in [3.8, 4) is 23.3 Å². The zero-order chi connectivity index (χ0) is 26.8. The second kappa shape index (κ2) is 13.1. The topological polar surface area (TPSA) is 118 Å². The van der Waals surface area contributed by atoms with Gasteiger partial charge in [-0.15, -0.1) is 0 Å². The van der Waals surface area contributed by atoms with Gasteiger partial charge in [-0.25, -0.2) is 4.79 Å². The molecule has 9 heteroatoms. The molecular weight excluding hydrogens is 540 g/mol. The Bertz CT molecular complexity index is 1330. The monoisotopic (exact) mass is 564 g/mol. The fraction of sp³-hybridized carbons (Fsp3) is 0.179. The van der Waals surface area contributed by atoms with E-state index in [1.807, 2.05) is 19.9 Å². The minimum Gasteiger partial charge on any atom is -0.494 e. The molecule has 0 spiro atoms. The molecule has 3 rings (SSSR count). The Labute approximate surface area is 223 Å². The number of carbonyl (C=O) groups excluding carboxylic acids is 1. The summed E-state index contributed by atoms with van der Waals surface area (Å²) in [6.45, 7) is 4.81. The summed E-state index contributed by atoms with van der Waals surface area (Å²) in [5, 5.41) is 21.4. The van der Waals surface area contributed by atoms with E-state index in [0.29, 0.717) is 46.2 Å². The van der Waals surface area contributed by atoms with Crippen molar-refractivity contribution < 1.29 is 28.9 Å². The Morgan fingerprint density at radius 1 is 0.973 bits per heavy atom. The molecule has 1 amide bonds. The second-order valence-corrected chi connectivity index (χ2v) is 8.48. The van der Waals surface area contributed by atoms with Crippen molar-refractivity contribution in [2.24, 2.45) is 0 Å². The van der Waals surface area contributed by atoms with Gasteiger partial charge in [-0.05, 0) is 79.6 Å². The number of hydrogen-bond acceptors (Lipinski definition) is 6. The van der Waals surface area contributed by atoms with Crippen molar-refractivity contribution in [2.75, 3.05) is 18.5 Å². The first kappa shape index (κ1) is 27.3. The molecule has 0 atom stereocenters. The zero-order valence-corrected chi connectivity index (χ0v) is 21.9. The predicted molar refractivity (Wildman–Crippen MR) is 143 cm³/mol. The van der Waals surface area contributed by atoms with Crippen LogP contribution in [-0.4, -0.2) is 30.2 Å². The molecule has 37 heavy (non-hydrogen) atoms. The smallest absolute Gasteiger partial charge is 0.335 e. The maximum atomic E-state index is 12.7. The molecule has 8 nitrogen and oxygen atoms in total. The van der Waals surface area contributed by atoms with Crippen LogP contribution >= 0.6 is 15.9 Å². The Hall–Kier alpha value is -4.29. The molecule has 0 saturated heterocycles. The number of rotatable bonds is 11. The normalized spacial score (nSPS) is 10.8. The van der Waals surface area contributed by atoms with Crippen LogP contribution in [0, 0.1) is 11.3 Å². The number of carboxylic acids is 1. The molecule has 0 saturated carbocycles. The van der Waals surface area contributed by atoms with Gasteiger partial charge in [0.15, 0.2) is 11.5 Å². The summed E-state index contributed by atoms with van der Waals surface area (Å²) >= 11 is 3.48. The molecule has 3 aromatic carbocycles. The molecule has 0 aromatic heterocycles. The van der Waals surface area contributed by atoms with Crippen molar-refractivity contribution in [3.63, 3.8) is 0 Å². The number of hydrogen-bond donors (Lipinski definition) is 2. The molecule has 0 bridgehead atoms. The third-order valence-corrected chi connectivity index (χ3v) is 5.73. The fourth-order valence-corrected chi connectivity index (χ4v) is 3.69. The van der Waals surface area contributed by atoms with E-state index in [4.69, 9.17) is 19.3 Å². The minimum atomic E-state index is -0.997. The van der Waals surface area contributed by atoms with Gasteiger partial charge in [0, 0.05) is 10.2 Å². The highest BCUT2D eigenvalue weighted by Gasteiger charge is 2.15. The van der Waals surface area contributed by atoms with E-state index in [9.17, 15) is 14.9 Å². The van der Waals surface area contributed by atoms with E-state index in [2.05, 4.69) is 21.2 Å². The summed E-state index contributed by atoms with van der Waals surface area (Å²) in [7, 11) is 0. The molecule has 2 N–H and O–H groups in total. The summed E-state index contributed by atoms with van der Waals surface area (Å²) in [6, 6.07) is 18.6. The molecule has 3 aromatic rings. The summed E-state index contributed by atoms with van der Waals surface area (Å²) in [5.74, 6) is 0.0163. The van der Waals surface area contributed by atoms with Gasteiger partial charge in [0.25, 0.3) is 5.91 Å². The summed E-state index contributed by atoms with van der Waals surface area (Å²) in [5.41, 5.74) is 1.97. The number of halogens is 1. The van der Waals surface area contributed by atoms with Gasteiger partial charge in [-0.3, -0.25) is 4.79 Å². The minimum absolute atomic E-state index is 0.0933. The molecule has 0 radical (unpaired) electrons. The van der Waals surface area contributed by atoms with Crippen molar-refractivity contribution >= 4 is 39.6 Å². The highest BCUT2D eigenvalue weighted by atomic mass is 79.9. The van der Waals surface area contributed by atoms with Crippen LogP contribution < -0.4 is 19.5 Å². The van der Waals surface area contributed by atoms with E-state index >= 15 is 0 Å². The lowest BCUT2D eigenvalue weighted by molar-refractivity contribution is -0.112. The molecule has 0 fully saturated rings. The largest absolute Gasteiger partial charge is 0.494 e. The molecule has 190 valence electrons. The lowest BCUT2D eigenvalue weighted by Crippen LogP contribution is -2.13. The SMILES string of the molecule is CCOc1ccc(NC(=O)/C(C#N)=C/c2cc(OCC)c(OCc3ccc(C(=O)O)cc3)cc2Br)cc1. The van der Waals surface area contributed by atoms with Crippen molar-refractivity contribution in [1.82, 2.24) is 0 Å². The van der Waals surface area contributed by atoms with Crippen LogP contribution in [0.2, 0.25) is 0 Å². The van der Waals surface area contributed by atoms with Crippen LogP contribution in [0.5, 0.6) is 17.2 Å². The Kier molecular flexibility index (Phi) is 9.69. The van der Waals surface area contributed by atoms with Crippen LogP contribution in [0.15, 0.2) is 70.7 Å². The van der Waals surface area contributed by atoms with Gasteiger partial charge in [-0.2, -0.15) is 5.26 Å². The number of ether oxygens (including phenoxy) is 3. The summed E-state index contributed by atoms with van der Waals surface area (Å²) in [4.78, 5) is 23.8. The number of aromatic carboxylic acids is 1. The van der Waals surface area contributed by atoms with E-state index in [1.54, 1.807) is 48.5 Å². The van der Waals surface area contributed by atoms with Crippen molar-refractivity contribution in [3.05, 3.63) is 87.4 Å². The maximum absolute atomic E-state index is 12.7. The van der Waals surface area contributed by atoms with Gasteiger partial charge in [0.1, 0.15) is 24.0 Å². The number of benzene rings is 3. The zero-order valence-electron chi connectivity index (χ0n) is 20.3. The average Bonchev–Trinajstić information content (AvgIpc) is 2.89. The molecule has 0 aliphatic carbocycles. The van der Waals surface area contributed by atoms with Crippen LogP contribution in [-0.2, 0) is 11.4 Å². The molecular formula is C28H25BrN2O6. The van der Waals surface area contributed by atoms with E-state index < -0.39 is 11.9 Å². The Balaban J connectivity index is 1.79. The lowest BCUT2D eigenvalue weighted by Gasteiger charge is -2.14. The van der Waals surface area contributed by atoms with Crippen LogP contribution in [0.1, 0.15) is 35.3 Å². The predicted octanol–water partition coefficient (Wildman–Crippen LogP) is 6.07. The number of carboxylic acid groups (broad SMARTS) is 1. The lowest BCUT2D eigenvalue weighted by atomic mass is 10.1. The average molecular weight is 565 g/mol. The first-order chi connectivity index (χ1) is 17.8. The van der Waals surface area contributed by atoms with Crippen LogP contribution in [0.4, 0.5) is 5.69 Å². The number of nitriles is 1. The van der Waals surface area contributed by atoms with E-state index in [-0.39, 0.29) is 17.7 Å². The molecule has 0 aliphatic rings. The number of carbonyl (C=O) groups is 2. The van der Waals surface area contributed by atoms with Gasteiger partial charge in [0.05, 0.1) is 18.8 Å². The first-order valence-corrected chi connectivity index (χ1v) is 12.2. The van der Waals surface area contributed by atoms with E-state index in [0.717, 1.165) is 5.56 Å². The van der Waals surface area contributed by atoms with Gasteiger partial charge >= 0.3 is 5.97 Å². The number of anilines is 1. The number of nitrogens with one attached hydrogen (secondary N) is 1. The van der Waals surface area contributed by atoms with Crippen molar-refractivity contribution in [2.45, 2.75) is 20.5 Å². The van der Waals surface area contributed by atoms with Gasteiger partial charge < -0.3 is 24.6 Å². The van der Waals surface area contributed by atoms with Gasteiger partial charge in [0.2, 0.25) is 0 Å². The molecule has 0 unspecified atom stereocenters. The maximum Gasteiger partial charge on any atom is 0.335 e.